The molecule has 0 atom stereocenters. The number of carbonyl (C=O) groups excluding carboxylic acids is 1. The van der Waals surface area contributed by atoms with Crippen LogP contribution in [-0.4, -0.2) is 36.8 Å². The predicted molar refractivity (Wildman–Crippen MR) is 110 cm³/mol. The third-order valence-corrected chi connectivity index (χ3v) is 4.19. The molecule has 1 aliphatic rings. The van der Waals surface area contributed by atoms with Gasteiger partial charge < -0.3 is 22.5 Å². The van der Waals surface area contributed by atoms with Crippen molar-refractivity contribution in [2.45, 2.75) is 32.6 Å². The smallest absolute Gasteiger partial charge is 0.282 e. The molecule has 1 heterocycles. The molecule has 3 rings (SSSR count). The Morgan fingerprint density at radius 3 is 2.32 bits per heavy atom. The second kappa shape index (κ2) is 12.9. The van der Waals surface area contributed by atoms with Gasteiger partial charge in [0.25, 0.3) is 12.3 Å². The number of aromatic nitrogens is 2. The summed E-state index contributed by atoms with van der Waals surface area (Å²) in [5.74, 6) is -0.527. The Kier molecular flexibility index (Phi) is 11.8. The number of rotatable bonds is 3. The molecule has 28 heavy (non-hydrogen) atoms. The van der Waals surface area contributed by atoms with Crippen LogP contribution in [-0.2, 0) is 19.9 Å². The zero-order chi connectivity index (χ0) is 21.9. The molecular formula is C19H32F2N6O. The summed E-state index contributed by atoms with van der Waals surface area (Å²) < 4.78 is 27.5. The van der Waals surface area contributed by atoms with Crippen LogP contribution in [0.4, 0.5) is 14.5 Å². The third kappa shape index (κ3) is 5.82. The summed E-state index contributed by atoms with van der Waals surface area (Å²) in [5, 5.41) is 6.53. The number of anilines is 1. The topological polar surface area (TPSA) is 125 Å². The Labute approximate surface area is 165 Å². The van der Waals surface area contributed by atoms with Gasteiger partial charge >= 0.3 is 0 Å². The predicted octanol–water partition coefficient (Wildman–Crippen LogP) is 2.13. The lowest BCUT2D eigenvalue weighted by Gasteiger charge is -2.11. The highest BCUT2D eigenvalue weighted by molar-refractivity contribution is 6.06. The van der Waals surface area contributed by atoms with E-state index in [0.29, 0.717) is 11.4 Å². The molecule has 1 amide bonds. The molecule has 0 spiro atoms. The van der Waals surface area contributed by atoms with Crippen LogP contribution in [0.25, 0.3) is 0 Å². The van der Waals surface area contributed by atoms with Gasteiger partial charge in [0.1, 0.15) is 5.69 Å². The van der Waals surface area contributed by atoms with Gasteiger partial charge in [-0.3, -0.25) is 9.48 Å². The van der Waals surface area contributed by atoms with Gasteiger partial charge in [0, 0.05) is 18.4 Å². The molecular weight excluding hydrogens is 366 g/mol. The second-order valence-electron chi connectivity index (χ2n) is 5.52. The normalized spacial score (nSPS) is 11.2. The number of fused-ring (bicyclic) bond motifs is 1. The van der Waals surface area contributed by atoms with Crippen LogP contribution in [0.1, 0.15) is 45.7 Å². The summed E-state index contributed by atoms with van der Waals surface area (Å²) >= 11 is 0. The van der Waals surface area contributed by atoms with Crippen LogP contribution >= 0.6 is 0 Å². The van der Waals surface area contributed by atoms with Crippen molar-refractivity contribution in [3.63, 3.8) is 0 Å². The molecule has 0 aliphatic heterocycles. The molecule has 0 bridgehead atoms. The summed E-state index contributed by atoms with van der Waals surface area (Å²) in [6, 6.07) is 5.73. The van der Waals surface area contributed by atoms with Crippen molar-refractivity contribution in [1.82, 2.24) is 9.78 Å². The lowest BCUT2D eigenvalue weighted by molar-refractivity contribution is 0.101. The summed E-state index contributed by atoms with van der Waals surface area (Å²) in [6.45, 7) is 1.61. The Morgan fingerprint density at radius 1 is 1.14 bits per heavy atom. The van der Waals surface area contributed by atoms with Gasteiger partial charge in [0.2, 0.25) is 0 Å². The number of hydrogen-bond donors (Lipinski definition) is 4. The van der Waals surface area contributed by atoms with E-state index >= 15 is 0 Å². The molecule has 158 valence electrons. The number of benzene rings is 1. The first-order chi connectivity index (χ1) is 13.5. The Morgan fingerprint density at radius 2 is 1.75 bits per heavy atom. The Bertz CT molecular complexity index is 746. The van der Waals surface area contributed by atoms with Gasteiger partial charge in [-0.25, -0.2) is 8.78 Å². The zero-order valence-electron chi connectivity index (χ0n) is 17.2. The van der Waals surface area contributed by atoms with Crippen molar-refractivity contribution in [2.24, 2.45) is 24.2 Å². The molecule has 2 aromatic rings. The van der Waals surface area contributed by atoms with Crippen LogP contribution in [0.15, 0.2) is 18.2 Å². The van der Waals surface area contributed by atoms with E-state index in [-0.39, 0.29) is 5.56 Å². The largest absolute Gasteiger partial charge is 0.333 e. The molecule has 1 aliphatic carbocycles. The SMILES string of the molecule is CN.CN.CN.Cc1c(C(=O)Nc2cccc3c2CCC3)c(C(F)F)nn1C. The molecule has 1 aromatic heterocycles. The lowest BCUT2D eigenvalue weighted by Crippen LogP contribution is -2.16. The second-order valence-corrected chi connectivity index (χ2v) is 5.52. The summed E-state index contributed by atoms with van der Waals surface area (Å²) in [6.07, 6.45) is 0.172. The number of nitrogens with zero attached hydrogens (tertiary/aromatic N) is 2. The third-order valence-electron chi connectivity index (χ3n) is 4.19. The standard InChI is InChI=1S/C16H17F2N3O.3CH5N/c1-9-13(14(15(17)18)20-21(9)2)16(22)19-12-8-4-6-10-5-3-7-11(10)12;3*1-2/h4,6,8,15H,3,5,7H2,1-2H3,(H,19,22);3*2H2,1H3. The molecule has 7 N–H and O–H groups in total. The average molecular weight is 399 g/mol. The number of hydrogen-bond acceptors (Lipinski definition) is 5. The van der Waals surface area contributed by atoms with Crippen molar-refractivity contribution in [1.29, 1.82) is 0 Å². The lowest BCUT2D eigenvalue weighted by atomic mass is 10.1. The maximum Gasteiger partial charge on any atom is 0.282 e. The molecule has 7 nitrogen and oxygen atoms in total. The molecule has 0 fully saturated rings. The Hall–Kier alpha value is -2.36. The molecule has 0 unspecified atom stereocenters. The molecule has 0 saturated heterocycles. The van der Waals surface area contributed by atoms with Crippen molar-refractivity contribution in [2.75, 3.05) is 26.5 Å². The van der Waals surface area contributed by atoms with Gasteiger partial charge in [-0.15, -0.1) is 0 Å². The minimum absolute atomic E-state index is 0.0342. The van der Waals surface area contributed by atoms with Gasteiger partial charge in [-0.1, -0.05) is 12.1 Å². The number of alkyl halides is 2. The van der Waals surface area contributed by atoms with Gasteiger partial charge in [0.05, 0.1) is 5.56 Å². The number of nitrogens with two attached hydrogens (primary N) is 3. The summed E-state index contributed by atoms with van der Waals surface area (Å²) in [7, 11) is 6.05. The maximum atomic E-state index is 13.1. The van der Waals surface area contributed by atoms with E-state index in [1.807, 2.05) is 18.2 Å². The van der Waals surface area contributed by atoms with Crippen molar-refractivity contribution in [3.05, 3.63) is 46.3 Å². The van der Waals surface area contributed by atoms with E-state index in [4.69, 9.17) is 0 Å². The van der Waals surface area contributed by atoms with Gasteiger partial charge in [0.15, 0.2) is 0 Å². The van der Waals surface area contributed by atoms with Crippen molar-refractivity contribution >= 4 is 11.6 Å². The van der Waals surface area contributed by atoms with Crippen LogP contribution in [0.2, 0.25) is 0 Å². The minimum atomic E-state index is -2.78. The number of carbonyl (C=O) groups is 1. The minimum Gasteiger partial charge on any atom is -0.333 e. The highest BCUT2D eigenvalue weighted by atomic mass is 19.3. The van der Waals surface area contributed by atoms with E-state index in [2.05, 4.69) is 27.6 Å². The monoisotopic (exact) mass is 398 g/mol. The van der Waals surface area contributed by atoms with E-state index < -0.39 is 18.0 Å². The summed E-state index contributed by atoms with van der Waals surface area (Å²) in [5.41, 5.74) is 16.5. The van der Waals surface area contributed by atoms with Crippen molar-refractivity contribution in [3.8, 4) is 0 Å². The quantitative estimate of drug-likeness (QED) is 0.630. The Balaban J connectivity index is 0.00000111. The van der Waals surface area contributed by atoms with Gasteiger partial charge in [-0.05, 0) is 64.5 Å². The maximum absolute atomic E-state index is 13.1. The molecule has 0 radical (unpaired) electrons. The fraction of sp³-hybridized carbons (Fsp3) is 0.474. The molecule has 0 saturated carbocycles. The van der Waals surface area contributed by atoms with E-state index in [1.165, 1.54) is 31.4 Å². The van der Waals surface area contributed by atoms with E-state index in [1.54, 1.807) is 14.0 Å². The fourth-order valence-electron chi connectivity index (χ4n) is 2.99. The van der Waals surface area contributed by atoms with Crippen LogP contribution < -0.4 is 22.5 Å². The highest BCUT2D eigenvalue weighted by Gasteiger charge is 2.27. The first kappa shape index (κ1) is 25.6. The van der Waals surface area contributed by atoms with Gasteiger partial charge in [-0.2, -0.15) is 5.10 Å². The first-order valence-corrected chi connectivity index (χ1v) is 8.96. The number of halogens is 2. The number of nitrogens with one attached hydrogen (secondary N) is 1. The highest BCUT2D eigenvalue weighted by Crippen LogP contribution is 2.30. The molecule has 9 heteroatoms. The van der Waals surface area contributed by atoms with Crippen LogP contribution in [0, 0.1) is 6.92 Å². The average Bonchev–Trinajstić information content (AvgIpc) is 3.32. The van der Waals surface area contributed by atoms with Crippen LogP contribution in [0.5, 0.6) is 0 Å². The number of amides is 1. The first-order valence-electron chi connectivity index (χ1n) is 8.96. The van der Waals surface area contributed by atoms with E-state index in [9.17, 15) is 13.6 Å². The van der Waals surface area contributed by atoms with E-state index in [0.717, 1.165) is 24.8 Å². The summed E-state index contributed by atoms with van der Waals surface area (Å²) in [4.78, 5) is 12.5. The van der Waals surface area contributed by atoms with Crippen molar-refractivity contribution < 1.29 is 13.6 Å². The zero-order valence-corrected chi connectivity index (χ0v) is 17.2. The fourth-order valence-corrected chi connectivity index (χ4v) is 2.99. The van der Waals surface area contributed by atoms with Crippen LogP contribution in [0.3, 0.4) is 0 Å². The number of aryl methyl sites for hydroxylation is 2. The molecule has 1 aromatic carbocycles.